The number of hydrogen-bond acceptors (Lipinski definition) is 2. The van der Waals surface area contributed by atoms with Crippen molar-refractivity contribution in [2.45, 2.75) is 110 Å². The highest BCUT2D eigenvalue weighted by Gasteiger charge is 2.59. The fraction of sp³-hybridized carbons (Fsp3) is 0.750. The molecule has 3 fully saturated rings. The van der Waals surface area contributed by atoms with E-state index in [-0.39, 0.29) is 6.10 Å². The lowest BCUT2D eigenvalue weighted by Gasteiger charge is -2.58. The fourth-order valence-electron chi connectivity index (χ4n) is 9.53. The van der Waals surface area contributed by atoms with Crippen LogP contribution in [0.1, 0.15) is 104 Å². The Kier molecular flexibility index (Phi) is 6.56. The molecule has 188 valence electrons. The first-order valence-corrected chi connectivity index (χ1v) is 14.3. The van der Waals surface area contributed by atoms with Crippen LogP contribution in [-0.4, -0.2) is 16.3 Å². The largest absolute Gasteiger partial charge is 0.393 e. The molecule has 1 aromatic rings. The third-order valence-corrected chi connectivity index (χ3v) is 11.6. The Hall–Kier alpha value is -1.12. The number of aliphatic hydroxyl groups is 2. The number of fused-ring (bicyclic) bond motifs is 5. The van der Waals surface area contributed by atoms with Gasteiger partial charge >= 0.3 is 0 Å². The maximum absolute atomic E-state index is 11.0. The highest BCUT2D eigenvalue weighted by molar-refractivity contribution is 5.25. The van der Waals surface area contributed by atoms with E-state index >= 15 is 0 Å². The Balaban J connectivity index is 1.24. The first-order chi connectivity index (χ1) is 16.1. The summed E-state index contributed by atoms with van der Waals surface area (Å²) in [5.41, 5.74) is 2.73. The van der Waals surface area contributed by atoms with Crippen molar-refractivity contribution in [3.8, 4) is 0 Å². The molecule has 0 unspecified atom stereocenters. The van der Waals surface area contributed by atoms with E-state index in [2.05, 4.69) is 39.0 Å². The van der Waals surface area contributed by atoms with Crippen LogP contribution >= 0.6 is 0 Å². The van der Waals surface area contributed by atoms with E-state index in [1.807, 2.05) is 25.1 Å². The zero-order valence-electron chi connectivity index (χ0n) is 22.1. The molecule has 0 heterocycles. The third-order valence-electron chi connectivity index (χ3n) is 11.6. The van der Waals surface area contributed by atoms with Crippen molar-refractivity contribution in [1.82, 2.24) is 0 Å². The van der Waals surface area contributed by atoms with E-state index < -0.39 is 5.60 Å². The lowest BCUT2D eigenvalue weighted by molar-refractivity contribution is -0.0576. The minimum Gasteiger partial charge on any atom is -0.393 e. The van der Waals surface area contributed by atoms with E-state index in [4.69, 9.17) is 0 Å². The first-order valence-electron chi connectivity index (χ1n) is 14.3. The molecule has 2 nitrogen and oxygen atoms in total. The summed E-state index contributed by atoms with van der Waals surface area (Å²) < 4.78 is 0. The Bertz CT molecular complexity index is 888. The van der Waals surface area contributed by atoms with Crippen LogP contribution in [-0.2, 0) is 5.60 Å². The summed E-state index contributed by atoms with van der Waals surface area (Å²) >= 11 is 0. The van der Waals surface area contributed by atoms with Gasteiger partial charge in [-0.05, 0) is 117 Å². The van der Waals surface area contributed by atoms with Crippen LogP contribution in [0.3, 0.4) is 0 Å². The molecule has 4 aliphatic carbocycles. The van der Waals surface area contributed by atoms with Gasteiger partial charge < -0.3 is 10.2 Å². The van der Waals surface area contributed by atoms with Gasteiger partial charge in [0, 0.05) is 0 Å². The van der Waals surface area contributed by atoms with Crippen LogP contribution < -0.4 is 0 Å². The number of hydrogen-bond donors (Lipinski definition) is 2. The summed E-state index contributed by atoms with van der Waals surface area (Å²) in [6.45, 7) is 9.67. The second-order valence-corrected chi connectivity index (χ2v) is 13.4. The standard InChI is InChI=1S/C32H48O2/c1-22(9-8-18-32(4,34)23-10-6-5-7-11-23)27-14-15-28-26-13-12-24-21-25(33)16-19-30(24,2)29(26)17-20-31(27,28)3/h5-7,10-12,22,25-29,33-34H,8-9,13-21H2,1-4H3/t22-,25+,26+,27-,28+,29+,30+,31-,32-/m1/s1. The predicted molar refractivity (Wildman–Crippen MR) is 140 cm³/mol. The Morgan fingerprint density at radius 2 is 1.79 bits per heavy atom. The van der Waals surface area contributed by atoms with Crippen LogP contribution in [0.25, 0.3) is 0 Å². The summed E-state index contributed by atoms with van der Waals surface area (Å²) in [6.07, 6.45) is 15.6. The van der Waals surface area contributed by atoms with Gasteiger partial charge in [-0.1, -0.05) is 69.2 Å². The van der Waals surface area contributed by atoms with Crippen LogP contribution in [0.5, 0.6) is 0 Å². The van der Waals surface area contributed by atoms with Crippen molar-refractivity contribution < 1.29 is 10.2 Å². The number of aliphatic hydroxyl groups excluding tert-OH is 1. The summed E-state index contributed by atoms with van der Waals surface area (Å²) in [6, 6.07) is 10.2. The van der Waals surface area contributed by atoms with Gasteiger partial charge in [0.1, 0.15) is 0 Å². The summed E-state index contributed by atoms with van der Waals surface area (Å²) in [5.74, 6) is 4.10. The Morgan fingerprint density at radius 3 is 2.56 bits per heavy atom. The van der Waals surface area contributed by atoms with Crippen LogP contribution in [0, 0.1) is 40.4 Å². The highest BCUT2D eigenvalue weighted by Crippen LogP contribution is 2.67. The average Bonchev–Trinajstić information content (AvgIpc) is 3.17. The van der Waals surface area contributed by atoms with E-state index in [0.717, 1.165) is 60.8 Å². The van der Waals surface area contributed by atoms with Gasteiger partial charge in [-0.2, -0.15) is 0 Å². The fourth-order valence-corrected chi connectivity index (χ4v) is 9.53. The Labute approximate surface area is 208 Å². The minimum absolute atomic E-state index is 0.107. The Morgan fingerprint density at radius 1 is 1.03 bits per heavy atom. The molecule has 5 rings (SSSR count). The topological polar surface area (TPSA) is 40.5 Å². The number of allylic oxidation sites excluding steroid dienone is 1. The zero-order valence-corrected chi connectivity index (χ0v) is 22.1. The van der Waals surface area contributed by atoms with E-state index in [9.17, 15) is 10.2 Å². The molecule has 9 atom stereocenters. The lowest BCUT2D eigenvalue weighted by atomic mass is 9.47. The molecule has 0 aliphatic heterocycles. The monoisotopic (exact) mass is 464 g/mol. The molecule has 0 saturated heterocycles. The molecular formula is C32H48O2. The minimum atomic E-state index is -0.726. The van der Waals surface area contributed by atoms with Gasteiger partial charge in [-0.3, -0.25) is 0 Å². The molecule has 2 heteroatoms. The van der Waals surface area contributed by atoms with Gasteiger partial charge in [0.05, 0.1) is 11.7 Å². The van der Waals surface area contributed by atoms with Crippen LogP contribution in [0.4, 0.5) is 0 Å². The van der Waals surface area contributed by atoms with E-state index in [1.54, 1.807) is 5.57 Å². The molecule has 2 N–H and O–H groups in total. The van der Waals surface area contributed by atoms with E-state index in [1.165, 1.54) is 44.9 Å². The smallest absolute Gasteiger partial charge is 0.0868 e. The second kappa shape index (κ2) is 9.07. The summed E-state index contributed by atoms with van der Waals surface area (Å²) in [7, 11) is 0. The molecule has 1 aromatic carbocycles. The summed E-state index contributed by atoms with van der Waals surface area (Å²) in [5, 5.41) is 21.3. The number of rotatable bonds is 6. The molecule has 0 spiro atoms. The maximum atomic E-state index is 11.0. The molecule has 0 radical (unpaired) electrons. The predicted octanol–water partition coefficient (Wildman–Crippen LogP) is 7.64. The van der Waals surface area contributed by atoms with Crippen molar-refractivity contribution in [1.29, 1.82) is 0 Å². The quantitative estimate of drug-likeness (QED) is 0.425. The van der Waals surface area contributed by atoms with Crippen molar-refractivity contribution in [2.24, 2.45) is 40.4 Å². The van der Waals surface area contributed by atoms with Crippen LogP contribution in [0.15, 0.2) is 42.0 Å². The number of benzene rings is 1. The summed E-state index contributed by atoms with van der Waals surface area (Å²) in [4.78, 5) is 0. The van der Waals surface area contributed by atoms with E-state index in [0.29, 0.717) is 10.8 Å². The SMILES string of the molecule is C[C@H](CCC[C@@](C)(O)c1ccccc1)[C@H]1CC[C@H]2[C@@H]3CC=C4C[C@@H](O)CC[C@]4(C)[C@H]3CC[C@]12C. The molecule has 4 aliphatic rings. The normalized spacial score (nSPS) is 42.1. The lowest BCUT2D eigenvalue weighted by Crippen LogP contribution is -2.50. The molecule has 0 bridgehead atoms. The van der Waals surface area contributed by atoms with Crippen LogP contribution in [0.2, 0.25) is 0 Å². The zero-order chi connectivity index (χ0) is 24.1. The maximum Gasteiger partial charge on any atom is 0.0868 e. The van der Waals surface area contributed by atoms with Crippen molar-refractivity contribution in [3.63, 3.8) is 0 Å². The first kappa shape index (κ1) is 24.6. The van der Waals surface area contributed by atoms with Crippen molar-refractivity contribution >= 4 is 0 Å². The van der Waals surface area contributed by atoms with Gasteiger partial charge in [0.25, 0.3) is 0 Å². The molecule has 34 heavy (non-hydrogen) atoms. The molecule has 0 aromatic heterocycles. The van der Waals surface area contributed by atoms with Gasteiger partial charge in [0.15, 0.2) is 0 Å². The highest BCUT2D eigenvalue weighted by atomic mass is 16.3. The van der Waals surface area contributed by atoms with Crippen molar-refractivity contribution in [3.05, 3.63) is 47.5 Å². The van der Waals surface area contributed by atoms with Gasteiger partial charge in [-0.25, -0.2) is 0 Å². The van der Waals surface area contributed by atoms with Crippen molar-refractivity contribution in [2.75, 3.05) is 0 Å². The molecule has 0 amide bonds. The third kappa shape index (κ3) is 4.11. The molecule has 3 saturated carbocycles. The van der Waals surface area contributed by atoms with Gasteiger partial charge in [-0.15, -0.1) is 0 Å². The average molecular weight is 465 g/mol. The van der Waals surface area contributed by atoms with Gasteiger partial charge in [0.2, 0.25) is 0 Å². The molecular weight excluding hydrogens is 416 g/mol. The second-order valence-electron chi connectivity index (χ2n) is 13.4.